The second-order valence-electron chi connectivity index (χ2n) is 6.93. The van der Waals surface area contributed by atoms with Crippen LogP contribution in [0.15, 0.2) is 40.9 Å². The van der Waals surface area contributed by atoms with Crippen LogP contribution >= 0.6 is 15.9 Å². The van der Waals surface area contributed by atoms with Crippen LogP contribution in [0.1, 0.15) is 20.8 Å². The molecule has 1 heterocycles. The lowest BCUT2D eigenvalue weighted by atomic mass is 10.2. The highest BCUT2D eigenvalue weighted by Gasteiger charge is 2.49. The van der Waals surface area contributed by atoms with Gasteiger partial charge in [0.1, 0.15) is 5.60 Å². The number of carbonyl (C=O) groups is 2. The molecule has 1 amide bonds. The van der Waals surface area contributed by atoms with Crippen LogP contribution in [0.2, 0.25) is 0 Å². The molecule has 154 valence electrons. The van der Waals surface area contributed by atoms with E-state index in [2.05, 4.69) is 15.9 Å². The molecule has 0 bridgehead atoms. The number of halogens is 4. The predicted molar refractivity (Wildman–Crippen MR) is 99.1 cm³/mol. The number of rotatable bonds is 2. The Labute approximate surface area is 169 Å². The average molecular weight is 465 g/mol. The third-order valence-corrected chi connectivity index (χ3v) is 4.03. The van der Waals surface area contributed by atoms with Crippen molar-refractivity contribution < 1.29 is 32.3 Å². The minimum atomic E-state index is -5.17. The maximum Gasteiger partial charge on any atom is 0.471 e. The SMILES string of the molecule is CC(C)(C)OC(=O)C1N(C(=O)C(F)(F)F)C/C=C\CON1c1ccc(Br)cc1. The summed E-state index contributed by atoms with van der Waals surface area (Å²) in [4.78, 5) is 30.8. The number of esters is 1. The Hall–Kier alpha value is -2.07. The normalized spacial score (nSPS) is 19.6. The Morgan fingerprint density at radius 3 is 2.29 bits per heavy atom. The summed E-state index contributed by atoms with van der Waals surface area (Å²) in [6, 6.07) is 6.36. The van der Waals surface area contributed by atoms with Gasteiger partial charge < -0.3 is 4.74 Å². The summed E-state index contributed by atoms with van der Waals surface area (Å²) in [6.45, 7) is 4.31. The molecule has 0 fully saturated rings. The first-order chi connectivity index (χ1) is 12.9. The molecule has 2 rings (SSSR count). The van der Waals surface area contributed by atoms with Gasteiger partial charge in [-0.05, 0) is 45.0 Å². The molecule has 0 aliphatic carbocycles. The molecule has 0 aromatic heterocycles. The van der Waals surface area contributed by atoms with Crippen molar-refractivity contribution in [3.8, 4) is 0 Å². The molecule has 28 heavy (non-hydrogen) atoms. The quantitative estimate of drug-likeness (QED) is 0.491. The fourth-order valence-corrected chi connectivity index (χ4v) is 2.68. The van der Waals surface area contributed by atoms with Crippen molar-refractivity contribution in [3.05, 3.63) is 40.9 Å². The lowest BCUT2D eigenvalue weighted by Crippen LogP contribution is -2.60. The van der Waals surface area contributed by atoms with Gasteiger partial charge in [0.2, 0.25) is 6.17 Å². The van der Waals surface area contributed by atoms with Crippen molar-refractivity contribution in [1.29, 1.82) is 0 Å². The van der Waals surface area contributed by atoms with E-state index in [0.29, 0.717) is 4.90 Å². The molecule has 1 aromatic carbocycles. The topological polar surface area (TPSA) is 59.1 Å². The lowest BCUT2D eigenvalue weighted by molar-refractivity contribution is -0.194. The van der Waals surface area contributed by atoms with Crippen LogP contribution in [-0.4, -0.2) is 47.9 Å². The molecule has 0 N–H and O–H groups in total. The Morgan fingerprint density at radius 1 is 1.14 bits per heavy atom. The van der Waals surface area contributed by atoms with Crippen LogP contribution in [0.3, 0.4) is 0 Å². The largest absolute Gasteiger partial charge is 0.471 e. The third kappa shape index (κ3) is 5.71. The minimum absolute atomic E-state index is 0.00338. The van der Waals surface area contributed by atoms with E-state index in [-0.39, 0.29) is 12.3 Å². The molecule has 1 atom stereocenters. The van der Waals surface area contributed by atoms with Gasteiger partial charge >= 0.3 is 18.1 Å². The van der Waals surface area contributed by atoms with E-state index in [4.69, 9.17) is 9.57 Å². The Morgan fingerprint density at radius 2 is 1.75 bits per heavy atom. The molecule has 0 saturated heterocycles. The van der Waals surface area contributed by atoms with Gasteiger partial charge in [-0.3, -0.25) is 14.5 Å². The molecule has 0 radical (unpaired) electrons. The van der Waals surface area contributed by atoms with Crippen molar-refractivity contribution in [2.75, 3.05) is 18.2 Å². The highest BCUT2D eigenvalue weighted by molar-refractivity contribution is 9.10. The average Bonchev–Trinajstić information content (AvgIpc) is 2.53. The zero-order valence-corrected chi connectivity index (χ0v) is 17.1. The van der Waals surface area contributed by atoms with Gasteiger partial charge in [-0.2, -0.15) is 13.2 Å². The van der Waals surface area contributed by atoms with Gasteiger partial charge in [-0.25, -0.2) is 9.86 Å². The second kappa shape index (κ2) is 8.52. The number of alkyl halides is 3. The Bertz CT molecular complexity index is 745. The van der Waals surface area contributed by atoms with Gasteiger partial charge in [0, 0.05) is 11.0 Å². The van der Waals surface area contributed by atoms with E-state index in [9.17, 15) is 22.8 Å². The van der Waals surface area contributed by atoms with Crippen molar-refractivity contribution in [2.45, 2.75) is 38.7 Å². The fraction of sp³-hybridized carbons (Fsp3) is 0.444. The van der Waals surface area contributed by atoms with Crippen molar-refractivity contribution >= 4 is 33.5 Å². The number of amides is 1. The van der Waals surface area contributed by atoms with E-state index in [0.717, 1.165) is 9.54 Å². The second-order valence-corrected chi connectivity index (χ2v) is 7.85. The van der Waals surface area contributed by atoms with E-state index in [1.165, 1.54) is 12.2 Å². The van der Waals surface area contributed by atoms with E-state index in [1.54, 1.807) is 45.0 Å². The first-order valence-corrected chi connectivity index (χ1v) is 9.13. The van der Waals surface area contributed by atoms with Gasteiger partial charge in [-0.15, -0.1) is 0 Å². The number of anilines is 1. The number of ether oxygens (including phenoxy) is 1. The maximum absolute atomic E-state index is 13.2. The van der Waals surface area contributed by atoms with E-state index in [1.807, 2.05) is 0 Å². The molecule has 6 nitrogen and oxygen atoms in total. The number of carbonyl (C=O) groups excluding carboxylic acids is 2. The van der Waals surface area contributed by atoms with Crippen molar-refractivity contribution in [1.82, 2.24) is 4.90 Å². The summed E-state index contributed by atoms with van der Waals surface area (Å²) in [5.74, 6) is -3.20. The molecule has 1 aliphatic heterocycles. The number of nitrogens with zero attached hydrogens (tertiary/aromatic N) is 2. The monoisotopic (exact) mass is 464 g/mol. The summed E-state index contributed by atoms with van der Waals surface area (Å²) in [7, 11) is 0. The summed E-state index contributed by atoms with van der Waals surface area (Å²) < 4.78 is 45.6. The van der Waals surface area contributed by atoms with Gasteiger partial charge in [-0.1, -0.05) is 28.1 Å². The Balaban J connectivity index is 2.54. The van der Waals surface area contributed by atoms with Gasteiger partial charge in [0.05, 0.1) is 12.3 Å². The van der Waals surface area contributed by atoms with Crippen LogP contribution in [0.5, 0.6) is 0 Å². The summed E-state index contributed by atoms with van der Waals surface area (Å²) in [5, 5.41) is 0.966. The standard InChI is InChI=1S/C18H20BrF3N2O4/c1-17(2,3)28-15(25)14-23(16(26)18(20,21)22)10-4-5-11-27-24(14)13-8-6-12(19)7-9-13/h4-9,14H,10-11H2,1-3H3/b5-4-. The third-order valence-electron chi connectivity index (χ3n) is 3.50. The zero-order valence-electron chi connectivity index (χ0n) is 15.5. The summed E-state index contributed by atoms with van der Waals surface area (Å²) >= 11 is 3.27. The predicted octanol–water partition coefficient (Wildman–Crippen LogP) is 3.82. The van der Waals surface area contributed by atoms with Crippen LogP contribution in [0.25, 0.3) is 0 Å². The van der Waals surface area contributed by atoms with Crippen LogP contribution < -0.4 is 5.06 Å². The highest BCUT2D eigenvalue weighted by Crippen LogP contribution is 2.28. The van der Waals surface area contributed by atoms with Crippen LogP contribution in [-0.2, 0) is 19.2 Å². The molecule has 0 spiro atoms. The zero-order chi connectivity index (χ0) is 21.1. The maximum atomic E-state index is 13.2. The molecule has 1 aliphatic rings. The molecule has 1 unspecified atom stereocenters. The molecule has 1 aromatic rings. The lowest BCUT2D eigenvalue weighted by Gasteiger charge is -2.39. The van der Waals surface area contributed by atoms with E-state index < -0.39 is 36.4 Å². The molecule has 0 saturated carbocycles. The molecular weight excluding hydrogens is 445 g/mol. The fourth-order valence-electron chi connectivity index (χ4n) is 2.41. The molecular formula is C18H20BrF3N2O4. The van der Waals surface area contributed by atoms with Crippen molar-refractivity contribution in [2.24, 2.45) is 0 Å². The van der Waals surface area contributed by atoms with Gasteiger partial charge in [0.25, 0.3) is 0 Å². The van der Waals surface area contributed by atoms with Crippen LogP contribution in [0, 0.1) is 0 Å². The first kappa shape index (κ1) is 22.2. The number of hydroxylamine groups is 1. The number of hydrogen-bond donors (Lipinski definition) is 0. The first-order valence-electron chi connectivity index (χ1n) is 8.33. The molecule has 10 heteroatoms. The smallest absolute Gasteiger partial charge is 0.457 e. The number of hydrogen-bond acceptors (Lipinski definition) is 5. The minimum Gasteiger partial charge on any atom is -0.457 e. The van der Waals surface area contributed by atoms with E-state index >= 15 is 0 Å². The van der Waals surface area contributed by atoms with Crippen molar-refractivity contribution in [3.63, 3.8) is 0 Å². The number of benzene rings is 1. The highest BCUT2D eigenvalue weighted by atomic mass is 79.9. The summed E-state index contributed by atoms with van der Waals surface area (Å²) in [6.07, 6.45) is -4.13. The van der Waals surface area contributed by atoms with Crippen LogP contribution in [0.4, 0.5) is 18.9 Å². The Kier molecular flexibility index (Phi) is 6.76. The van der Waals surface area contributed by atoms with Gasteiger partial charge in [0.15, 0.2) is 0 Å². The summed E-state index contributed by atoms with van der Waals surface area (Å²) in [5.41, 5.74) is -0.692.